The molecule has 1 fully saturated rings. The van der Waals surface area contributed by atoms with Crippen LogP contribution in [0, 0.1) is 11.8 Å². The van der Waals surface area contributed by atoms with Gasteiger partial charge >= 0.3 is 5.69 Å². The molecular weight excluding hydrogens is 320 g/mol. The third kappa shape index (κ3) is 3.75. The van der Waals surface area contributed by atoms with E-state index in [9.17, 15) is 19.8 Å². The Bertz CT molecular complexity index is 730. The summed E-state index contributed by atoms with van der Waals surface area (Å²) >= 11 is 0. The highest BCUT2D eigenvalue weighted by Gasteiger charge is 2.45. The maximum absolute atomic E-state index is 12.1. The van der Waals surface area contributed by atoms with Gasteiger partial charge in [0.15, 0.2) is 6.23 Å². The molecule has 0 aromatic carbocycles. The van der Waals surface area contributed by atoms with E-state index in [1.807, 2.05) is 0 Å². The topological polar surface area (TPSA) is 123 Å². The van der Waals surface area contributed by atoms with E-state index in [1.165, 1.54) is 13.3 Å². The van der Waals surface area contributed by atoms with Crippen LogP contribution in [-0.2, 0) is 14.2 Å². The Morgan fingerprint density at radius 2 is 2.17 bits per heavy atom. The number of aromatic nitrogens is 2. The van der Waals surface area contributed by atoms with Crippen LogP contribution in [-0.4, -0.2) is 65.0 Å². The summed E-state index contributed by atoms with van der Waals surface area (Å²) in [6.45, 7) is 1.56. The lowest BCUT2D eigenvalue weighted by Crippen LogP contribution is -2.40. The quantitative estimate of drug-likeness (QED) is 0.412. The van der Waals surface area contributed by atoms with Crippen molar-refractivity contribution in [3.63, 3.8) is 0 Å². The van der Waals surface area contributed by atoms with Crippen LogP contribution in [0.2, 0.25) is 0 Å². The summed E-state index contributed by atoms with van der Waals surface area (Å²) in [4.78, 5) is 26.0. The van der Waals surface area contributed by atoms with Crippen LogP contribution in [0.3, 0.4) is 0 Å². The number of aliphatic hydroxyl groups is 2. The minimum Gasteiger partial charge on any atom is -0.394 e. The van der Waals surface area contributed by atoms with E-state index in [0.717, 1.165) is 4.57 Å². The molecule has 1 aromatic rings. The first kappa shape index (κ1) is 18.4. The van der Waals surface area contributed by atoms with Crippen LogP contribution in [0.25, 0.3) is 0 Å². The molecule has 2 rings (SSSR count). The van der Waals surface area contributed by atoms with Crippen molar-refractivity contribution in [1.82, 2.24) is 9.55 Å². The highest BCUT2D eigenvalue weighted by Crippen LogP contribution is 2.30. The van der Waals surface area contributed by atoms with E-state index < -0.39 is 42.4 Å². The number of aliphatic hydroxyl groups excluding tert-OH is 2. The van der Waals surface area contributed by atoms with E-state index in [-0.39, 0.29) is 18.8 Å². The van der Waals surface area contributed by atoms with Gasteiger partial charge in [0.1, 0.15) is 23.9 Å². The molecule has 2 unspecified atom stereocenters. The predicted octanol–water partition coefficient (Wildman–Crippen LogP) is -1.81. The number of hydrogen-bond acceptors (Lipinski definition) is 7. The minimum absolute atomic E-state index is 0.0817. The number of nitrogens with zero attached hydrogens (tertiary/aromatic N) is 1. The van der Waals surface area contributed by atoms with E-state index in [0.29, 0.717) is 0 Å². The van der Waals surface area contributed by atoms with Gasteiger partial charge < -0.3 is 24.4 Å². The molecular formula is C15H20N2O7. The molecule has 0 radical (unpaired) electrons. The van der Waals surface area contributed by atoms with E-state index >= 15 is 0 Å². The van der Waals surface area contributed by atoms with Crippen molar-refractivity contribution in [3.8, 4) is 11.8 Å². The largest absolute Gasteiger partial charge is 0.394 e. The molecule has 132 valence electrons. The minimum atomic E-state index is -1.14. The Hall–Kier alpha value is -1.96. The standard InChI is InChI=1S/C15H20N2O7/c1-3-4-9-7-17(15(21)16-13(9)20)14-12(23-6-5-22-2)11(19)10(8-18)24-14/h7,10-12,14,18-19H,5-6,8H2,1-2H3,(H,16,20,21)/t10-,11?,12?,14-/m0/s1. The fourth-order valence-corrected chi connectivity index (χ4v) is 2.44. The monoisotopic (exact) mass is 340 g/mol. The predicted molar refractivity (Wildman–Crippen MR) is 82.5 cm³/mol. The second kappa shape index (κ2) is 8.23. The van der Waals surface area contributed by atoms with E-state index in [4.69, 9.17) is 14.2 Å². The number of methoxy groups -OCH3 is 1. The molecule has 0 saturated carbocycles. The average Bonchev–Trinajstić information content (AvgIpc) is 2.87. The smallest absolute Gasteiger partial charge is 0.330 e. The number of nitrogens with one attached hydrogen (secondary N) is 1. The van der Waals surface area contributed by atoms with Crippen molar-refractivity contribution in [2.45, 2.75) is 31.5 Å². The van der Waals surface area contributed by atoms with Crippen LogP contribution in [0.15, 0.2) is 15.8 Å². The second-order valence-electron chi connectivity index (χ2n) is 5.15. The van der Waals surface area contributed by atoms with Gasteiger partial charge in [-0.25, -0.2) is 4.79 Å². The highest BCUT2D eigenvalue weighted by molar-refractivity contribution is 5.29. The summed E-state index contributed by atoms with van der Waals surface area (Å²) in [5, 5.41) is 19.5. The fourth-order valence-electron chi connectivity index (χ4n) is 2.44. The van der Waals surface area contributed by atoms with Crippen molar-refractivity contribution >= 4 is 0 Å². The summed E-state index contributed by atoms with van der Waals surface area (Å²) in [5.74, 6) is 5.17. The van der Waals surface area contributed by atoms with Gasteiger partial charge in [-0.15, -0.1) is 5.92 Å². The normalized spacial score (nSPS) is 26.2. The lowest BCUT2D eigenvalue weighted by molar-refractivity contribution is -0.0819. The Labute approximate surface area is 137 Å². The second-order valence-corrected chi connectivity index (χ2v) is 5.15. The molecule has 2 heterocycles. The maximum atomic E-state index is 12.1. The number of H-pyrrole nitrogens is 1. The van der Waals surface area contributed by atoms with Crippen LogP contribution in [0.5, 0.6) is 0 Å². The van der Waals surface area contributed by atoms with Crippen molar-refractivity contribution in [3.05, 3.63) is 32.6 Å². The number of rotatable bonds is 6. The molecule has 1 saturated heterocycles. The Morgan fingerprint density at radius 1 is 1.42 bits per heavy atom. The molecule has 1 aromatic heterocycles. The average molecular weight is 340 g/mol. The number of hydrogen-bond donors (Lipinski definition) is 3. The zero-order valence-electron chi connectivity index (χ0n) is 13.4. The van der Waals surface area contributed by atoms with E-state index in [1.54, 1.807) is 6.92 Å². The molecule has 1 aliphatic rings. The summed E-state index contributed by atoms with van der Waals surface area (Å²) in [5.41, 5.74) is -1.25. The molecule has 3 N–H and O–H groups in total. The van der Waals surface area contributed by atoms with Crippen LogP contribution in [0.1, 0.15) is 18.7 Å². The zero-order chi connectivity index (χ0) is 17.7. The first-order chi connectivity index (χ1) is 11.5. The first-order valence-electron chi connectivity index (χ1n) is 7.36. The zero-order valence-corrected chi connectivity index (χ0v) is 13.4. The summed E-state index contributed by atoms with van der Waals surface area (Å²) in [6.07, 6.45) is -2.74. The Balaban J connectivity index is 2.39. The van der Waals surface area contributed by atoms with Crippen molar-refractivity contribution in [1.29, 1.82) is 0 Å². The maximum Gasteiger partial charge on any atom is 0.330 e. The van der Waals surface area contributed by atoms with Crippen molar-refractivity contribution < 1.29 is 24.4 Å². The number of aromatic amines is 1. The van der Waals surface area contributed by atoms with Crippen LogP contribution < -0.4 is 11.2 Å². The van der Waals surface area contributed by atoms with Gasteiger partial charge in [0.25, 0.3) is 5.56 Å². The number of ether oxygens (including phenoxy) is 3. The van der Waals surface area contributed by atoms with Gasteiger partial charge in [-0.2, -0.15) is 0 Å². The third-order valence-electron chi connectivity index (χ3n) is 3.59. The Kier molecular flexibility index (Phi) is 6.30. The molecule has 9 nitrogen and oxygen atoms in total. The summed E-state index contributed by atoms with van der Waals surface area (Å²) in [7, 11) is 1.50. The summed E-state index contributed by atoms with van der Waals surface area (Å²) in [6, 6.07) is 0. The van der Waals surface area contributed by atoms with Gasteiger partial charge in [0.05, 0.1) is 19.8 Å². The van der Waals surface area contributed by atoms with E-state index in [2.05, 4.69) is 16.8 Å². The van der Waals surface area contributed by atoms with Crippen LogP contribution >= 0.6 is 0 Å². The Morgan fingerprint density at radius 3 is 2.79 bits per heavy atom. The SMILES string of the molecule is CC#Cc1cn([C@H]2O[C@@H](CO)C(O)C2OCCOC)c(=O)[nH]c1=O. The van der Waals surface area contributed by atoms with Gasteiger partial charge in [-0.05, 0) is 6.92 Å². The van der Waals surface area contributed by atoms with Gasteiger partial charge in [-0.1, -0.05) is 5.92 Å². The summed E-state index contributed by atoms with van der Waals surface area (Å²) < 4.78 is 17.1. The molecule has 0 spiro atoms. The molecule has 0 amide bonds. The first-order valence-corrected chi connectivity index (χ1v) is 7.36. The molecule has 1 aliphatic heterocycles. The van der Waals surface area contributed by atoms with Crippen molar-refractivity contribution in [2.75, 3.05) is 26.9 Å². The van der Waals surface area contributed by atoms with Gasteiger partial charge in [-0.3, -0.25) is 14.3 Å². The molecule has 0 bridgehead atoms. The molecule has 9 heteroatoms. The highest BCUT2D eigenvalue weighted by atomic mass is 16.6. The van der Waals surface area contributed by atoms with Gasteiger partial charge in [0.2, 0.25) is 0 Å². The molecule has 0 aliphatic carbocycles. The molecule has 4 atom stereocenters. The lowest BCUT2D eigenvalue weighted by atomic mass is 10.1. The van der Waals surface area contributed by atoms with Crippen LogP contribution in [0.4, 0.5) is 0 Å². The molecule has 24 heavy (non-hydrogen) atoms. The van der Waals surface area contributed by atoms with Crippen molar-refractivity contribution in [2.24, 2.45) is 0 Å². The van der Waals surface area contributed by atoms with Gasteiger partial charge in [0, 0.05) is 13.3 Å². The third-order valence-corrected chi connectivity index (χ3v) is 3.59. The fraction of sp³-hybridized carbons (Fsp3) is 0.600. The lowest BCUT2D eigenvalue weighted by Gasteiger charge is -2.22.